The molecule has 0 saturated heterocycles. The van der Waals surface area contributed by atoms with Crippen molar-refractivity contribution < 1.29 is 4.74 Å². The second-order valence-corrected chi connectivity index (χ2v) is 6.52. The highest BCUT2D eigenvalue weighted by Gasteiger charge is 2.15. The monoisotopic (exact) mass is 288 g/mol. The van der Waals surface area contributed by atoms with Gasteiger partial charge in [-0.2, -0.15) is 0 Å². The Labute approximate surface area is 128 Å². The van der Waals surface area contributed by atoms with Crippen LogP contribution in [0.3, 0.4) is 0 Å². The van der Waals surface area contributed by atoms with Crippen LogP contribution in [0.1, 0.15) is 40.0 Å². The summed E-state index contributed by atoms with van der Waals surface area (Å²) < 4.78 is 8.15. The molecule has 21 heavy (non-hydrogen) atoms. The quantitative estimate of drug-likeness (QED) is 0.791. The van der Waals surface area contributed by atoms with Gasteiger partial charge in [0.2, 0.25) is 0 Å². The zero-order chi connectivity index (χ0) is 15.3. The lowest BCUT2D eigenvalue weighted by Gasteiger charge is -2.22. The average Bonchev–Trinajstić information content (AvgIpc) is 2.89. The molecule has 2 rings (SSSR count). The van der Waals surface area contributed by atoms with Gasteiger partial charge in [0.25, 0.3) is 0 Å². The number of fused-ring (bicyclic) bond motifs is 1. The molecule has 2 aromatic rings. The van der Waals surface area contributed by atoms with Gasteiger partial charge in [0.05, 0.1) is 12.1 Å². The summed E-state index contributed by atoms with van der Waals surface area (Å²) in [6.45, 7) is 9.15. The minimum atomic E-state index is 0.234. The van der Waals surface area contributed by atoms with Crippen LogP contribution in [0.15, 0.2) is 30.5 Å². The van der Waals surface area contributed by atoms with E-state index in [9.17, 15) is 0 Å². The van der Waals surface area contributed by atoms with Crippen molar-refractivity contribution in [3.63, 3.8) is 0 Å². The standard InChI is InChI=1S/C18H28N2O/c1-4-13-21-17-8-5-7-16-15(17)9-12-20(16)11-6-10-18(2,3)14-19/h5,7-9,12H,4,6,10-11,13-14,19H2,1-3H3. The molecule has 0 radical (unpaired) electrons. The lowest BCUT2D eigenvalue weighted by molar-refractivity contribution is 0.321. The molecule has 0 aliphatic rings. The van der Waals surface area contributed by atoms with Gasteiger partial charge in [-0.05, 0) is 49.4 Å². The van der Waals surface area contributed by atoms with E-state index in [1.807, 2.05) is 0 Å². The van der Waals surface area contributed by atoms with Gasteiger partial charge in [0, 0.05) is 18.1 Å². The molecule has 0 amide bonds. The SMILES string of the molecule is CCCOc1cccc2c1ccn2CCCC(C)(C)CN. The van der Waals surface area contributed by atoms with Crippen molar-refractivity contribution in [1.29, 1.82) is 0 Å². The third kappa shape index (κ3) is 4.01. The van der Waals surface area contributed by atoms with Gasteiger partial charge in [-0.15, -0.1) is 0 Å². The number of aryl methyl sites for hydroxylation is 1. The normalized spacial score (nSPS) is 12.0. The highest BCUT2D eigenvalue weighted by Crippen LogP contribution is 2.28. The van der Waals surface area contributed by atoms with Crippen LogP contribution in [0.5, 0.6) is 5.75 Å². The molecule has 0 bridgehead atoms. The molecule has 0 saturated carbocycles. The summed E-state index contributed by atoms with van der Waals surface area (Å²) in [5.41, 5.74) is 7.29. The first-order valence-corrected chi connectivity index (χ1v) is 7.98. The first-order valence-electron chi connectivity index (χ1n) is 7.98. The van der Waals surface area contributed by atoms with E-state index in [4.69, 9.17) is 10.5 Å². The minimum absolute atomic E-state index is 0.234. The lowest BCUT2D eigenvalue weighted by atomic mass is 9.88. The summed E-state index contributed by atoms with van der Waals surface area (Å²) in [6, 6.07) is 8.46. The van der Waals surface area contributed by atoms with Crippen molar-refractivity contribution >= 4 is 10.9 Å². The number of aromatic nitrogens is 1. The predicted octanol–water partition coefficient (Wildman–Crippen LogP) is 4.20. The summed E-state index contributed by atoms with van der Waals surface area (Å²) >= 11 is 0. The van der Waals surface area contributed by atoms with Gasteiger partial charge in [0.15, 0.2) is 0 Å². The molecular formula is C18H28N2O. The fraction of sp³-hybridized carbons (Fsp3) is 0.556. The molecule has 1 aromatic heterocycles. The van der Waals surface area contributed by atoms with E-state index >= 15 is 0 Å². The average molecular weight is 288 g/mol. The Morgan fingerprint density at radius 2 is 2.05 bits per heavy atom. The van der Waals surface area contributed by atoms with Crippen LogP contribution in [0, 0.1) is 5.41 Å². The van der Waals surface area contributed by atoms with Crippen molar-refractivity contribution in [1.82, 2.24) is 4.57 Å². The highest BCUT2D eigenvalue weighted by molar-refractivity contribution is 5.86. The van der Waals surface area contributed by atoms with Gasteiger partial charge in [-0.25, -0.2) is 0 Å². The van der Waals surface area contributed by atoms with Gasteiger partial charge in [0.1, 0.15) is 5.75 Å². The molecule has 3 nitrogen and oxygen atoms in total. The molecule has 0 spiro atoms. The molecule has 0 fully saturated rings. The van der Waals surface area contributed by atoms with E-state index in [1.165, 1.54) is 10.9 Å². The van der Waals surface area contributed by atoms with Crippen LogP contribution >= 0.6 is 0 Å². The maximum atomic E-state index is 5.83. The van der Waals surface area contributed by atoms with E-state index in [-0.39, 0.29) is 5.41 Å². The van der Waals surface area contributed by atoms with Crippen LogP contribution < -0.4 is 10.5 Å². The predicted molar refractivity (Wildman–Crippen MR) is 89.8 cm³/mol. The van der Waals surface area contributed by atoms with Crippen molar-refractivity contribution in [2.75, 3.05) is 13.2 Å². The van der Waals surface area contributed by atoms with E-state index in [0.29, 0.717) is 0 Å². The number of hydrogen-bond acceptors (Lipinski definition) is 2. The van der Waals surface area contributed by atoms with Crippen LogP contribution in [-0.4, -0.2) is 17.7 Å². The minimum Gasteiger partial charge on any atom is -0.493 e. The number of ether oxygens (including phenoxy) is 1. The first kappa shape index (κ1) is 15.9. The highest BCUT2D eigenvalue weighted by atomic mass is 16.5. The molecule has 0 aliphatic carbocycles. The zero-order valence-electron chi connectivity index (χ0n) is 13.6. The third-order valence-corrected chi connectivity index (χ3v) is 4.04. The fourth-order valence-corrected chi connectivity index (χ4v) is 2.56. The molecule has 0 unspecified atom stereocenters. The maximum Gasteiger partial charge on any atom is 0.128 e. The van der Waals surface area contributed by atoms with Gasteiger partial charge < -0.3 is 15.0 Å². The number of nitrogens with two attached hydrogens (primary N) is 1. The topological polar surface area (TPSA) is 40.2 Å². The Morgan fingerprint density at radius 3 is 2.76 bits per heavy atom. The van der Waals surface area contributed by atoms with Crippen LogP contribution in [0.2, 0.25) is 0 Å². The summed E-state index contributed by atoms with van der Waals surface area (Å²) in [7, 11) is 0. The summed E-state index contributed by atoms with van der Waals surface area (Å²) in [5, 5.41) is 1.21. The Bertz CT molecular complexity index is 572. The molecular weight excluding hydrogens is 260 g/mol. The van der Waals surface area contributed by atoms with E-state index in [0.717, 1.165) is 44.7 Å². The molecule has 116 valence electrons. The molecule has 2 N–H and O–H groups in total. The second kappa shape index (κ2) is 6.99. The third-order valence-electron chi connectivity index (χ3n) is 4.04. The van der Waals surface area contributed by atoms with Crippen molar-refractivity contribution in [2.45, 2.75) is 46.6 Å². The van der Waals surface area contributed by atoms with E-state index in [1.54, 1.807) is 0 Å². The Kier molecular flexibility index (Phi) is 5.29. The second-order valence-electron chi connectivity index (χ2n) is 6.52. The summed E-state index contributed by atoms with van der Waals surface area (Å²) in [6.07, 6.45) is 5.49. The van der Waals surface area contributed by atoms with Gasteiger partial charge in [-0.3, -0.25) is 0 Å². The Morgan fingerprint density at radius 1 is 1.24 bits per heavy atom. The lowest BCUT2D eigenvalue weighted by Crippen LogP contribution is -2.23. The smallest absolute Gasteiger partial charge is 0.128 e. The van der Waals surface area contributed by atoms with Gasteiger partial charge in [-0.1, -0.05) is 26.8 Å². The molecule has 0 atom stereocenters. The van der Waals surface area contributed by atoms with Crippen LogP contribution in [0.25, 0.3) is 10.9 Å². The fourth-order valence-electron chi connectivity index (χ4n) is 2.56. The zero-order valence-corrected chi connectivity index (χ0v) is 13.6. The van der Waals surface area contributed by atoms with Crippen molar-refractivity contribution in [2.24, 2.45) is 11.1 Å². The van der Waals surface area contributed by atoms with Crippen LogP contribution in [0.4, 0.5) is 0 Å². The van der Waals surface area contributed by atoms with Crippen molar-refractivity contribution in [3.05, 3.63) is 30.5 Å². The Hall–Kier alpha value is -1.48. The Balaban J connectivity index is 2.08. The summed E-state index contributed by atoms with van der Waals surface area (Å²) in [5.74, 6) is 0.996. The van der Waals surface area contributed by atoms with Crippen molar-refractivity contribution in [3.8, 4) is 5.75 Å². The number of hydrogen-bond donors (Lipinski definition) is 1. The molecule has 1 aromatic carbocycles. The van der Waals surface area contributed by atoms with Gasteiger partial charge >= 0.3 is 0 Å². The molecule has 3 heteroatoms. The first-order chi connectivity index (χ1) is 10.1. The van der Waals surface area contributed by atoms with E-state index < -0.39 is 0 Å². The largest absolute Gasteiger partial charge is 0.493 e. The number of nitrogens with zero attached hydrogens (tertiary/aromatic N) is 1. The maximum absolute atomic E-state index is 5.83. The molecule has 0 aliphatic heterocycles. The molecule has 1 heterocycles. The number of rotatable bonds is 8. The van der Waals surface area contributed by atoms with E-state index in [2.05, 4.69) is 55.8 Å². The number of benzene rings is 1. The van der Waals surface area contributed by atoms with Crippen LogP contribution in [-0.2, 0) is 6.54 Å². The summed E-state index contributed by atoms with van der Waals surface area (Å²) in [4.78, 5) is 0.